The minimum Gasteiger partial charge on any atom is -0.436 e. The number of hydrogen-bond acceptors (Lipinski definition) is 7. The monoisotopic (exact) mass is 293 g/mol. The molecule has 0 amide bonds. The van der Waals surface area contributed by atoms with Crippen LogP contribution in [0.5, 0.6) is 0 Å². The van der Waals surface area contributed by atoms with Gasteiger partial charge >= 0.3 is 0 Å². The average molecular weight is 293 g/mol. The molecule has 0 spiro atoms. The van der Waals surface area contributed by atoms with Crippen molar-refractivity contribution < 1.29 is 4.42 Å². The molecular weight excluding hydrogens is 274 g/mol. The van der Waals surface area contributed by atoms with Crippen LogP contribution in [0.25, 0.3) is 0 Å². The van der Waals surface area contributed by atoms with Gasteiger partial charge in [0, 0.05) is 31.8 Å². The second-order valence-corrected chi connectivity index (χ2v) is 5.97. The second kappa shape index (κ2) is 5.78. The summed E-state index contributed by atoms with van der Waals surface area (Å²) in [5.41, 5.74) is 0.887. The SMILES string of the molecule is Cc1nc(Sc2nc(C(C)C)nc(N(C)C)n2)oc1C. The van der Waals surface area contributed by atoms with Crippen molar-refractivity contribution in [1.29, 1.82) is 0 Å². The Morgan fingerprint density at radius 2 is 1.75 bits per heavy atom. The Morgan fingerprint density at radius 3 is 2.25 bits per heavy atom. The fourth-order valence-electron chi connectivity index (χ4n) is 1.43. The summed E-state index contributed by atoms with van der Waals surface area (Å²) in [6.45, 7) is 7.93. The predicted molar refractivity (Wildman–Crippen MR) is 78.3 cm³/mol. The van der Waals surface area contributed by atoms with Gasteiger partial charge in [-0.15, -0.1) is 0 Å². The highest BCUT2D eigenvalue weighted by molar-refractivity contribution is 7.98. The first-order valence-corrected chi connectivity index (χ1v) is 7.23. The molecule has 0 N–H and O–H groups in total. The number of hydrogen-bond donors (Lipinski definition) is 0. The minimum atomic E-state index is 0.240. The highest BCUT2D eigenvalue weighted by Crippen LogP contribution is 2.27. The van der Waals surface area contributed by atoms with Crippen LogP contribution < -0.4 is 4.90 Å². The van der Waals surface area contributed by atoms with Crippen LogP contribution in [0.4, 0.5) is 5.95 Å². The smallest absolute Gasteiger partial charge is 0.264 e. The molecule has 0 atom stereocenters. The fourth-order valence-corrected chi connectivity index (χ4v) is 2.20. The first-order chi connectivity index (χ1) is 9.36. The van der Waals surface area contributed by atoms with Crippen LogP contribution >= 0.6 is 11.8 Å². The molecule has 20 heavy (non-hydrogen) atoms. The quantitative estimate of drug-likeness (QED) is 0.858. The van der Waals surface area contributed by atoms with E-state index in [9.17, 15) is 0 Å². The third kappa shape index (κ3) is 3.27. The van der Waals surface area contributed by atoms with Crippen molar-refractivity contribution in [2.75, 3.05) is 19.0 Å². The molecule has 2 aromatic heterocycles. The van der Waals surface area contributed by atoms with Crippen molar-refractivity contribution in [2.45, 2.75) is 44.0 Å². The lowest BCUT2D eigenvalue weighted by molar-refractivity contribution is 0.430. The third-order valence-corrected chi connectivity index (χ3v) is 3.44. The lowest BCUT2D eigenvalue weighted by Crippen LogP contribution is -2.15. The summed E-state index contributed by atoms with van der Waals surface area (Å²) in [6.07, 6.45) is 0. The van der Waals surface area contributed by atoms with Crippen molar-refractivity contribution in [1.82, 2.24) is 19.9 Å². The summed E-state index contributed by atoms with van der Waals surface area (Å²) < 4.78 is 5.56. The van der Waals surface area contributed by atoms with Crippen LogP contribution in [-0.4, -0.2) is 34.0 Å². The molecule has 0 aliphatic carbocycles. The molecule has 0 bridgehead atoms. The predicted octanol–water partition coefficient (Wildman–Crippen LogP) is 2.82. The highest BCUT2D eigenvalue weighted by Gasteiger charge is 2.15. The van der Waals surface area contributed by atoms with Crippen molar-refractivity contribution in [2.24, 2.45) is 0 Å². The number of nitrogens with zero attached hydrogens (tertiary/aromatic N) is 5. The van der Waals surface area contributed by atoms with Crippen molar-refractivity contribution in [3.63, 3.8) is 0 Å². The van der Waals surface area contributed by atoms with E-state index in [2.05, 4.69) is 33.8 Å². The maximum Gasteiger partial charge on any atom is 0.264 e. The van der Waals surface area contributed by atoms with E-state index in [1.807, 2.05) is 32.8 Å². The second-order valence-electron chi connectivity index (χ2n) is 5.05. The molecule has 0 aliphatic rings. The molecule has 0 aromatic carbocycles. The zero-order chi connectivity index (χ0) is 14.9. The molecule has 0 unspecified atom stereocenters. The molecule has 7 heteroatoms. The van der Waals surface area contributed by atoms with Gasteiger partial charge in [-0.1, -0.05) is 13.8 Å². The van der Waals surface area contributed by atoms with Crippen molar-refractivity contribution in [3.05, 3.63) is 17.3 Å². The number of rotatable bonds is 4. The van der Waals surface area contributed by atoms with E-state index in [-0.39, 0.29) is 5.92 Å². The molecule has 2 heterocycles. The highest BCUT2D eigenvalue weighted by atomic mass is 32.2. The molecule has 108 valence electrons. The number of oxazole rings is 1. The van der Waals surface area contributed by atoms with Crippen LogP contribution in [0.2, 0.25) is 0 Å². The Balaban J connectivity index is 2.35. The Hall–Kier alpha value is -1.63. The van der Waals surface area contributed by atoms with Gasteiger partial charge < -0.3 is 9.32 Å². The summed E-state index contributed by atoms with van der Waals surface area (Å²) in [6, 6.07) is 0. The topological polar surface area (TPSA) is 67.9 Å². The van der Waals surface area contributed by atoms with Crippen LogP contribution in [0, 0.1) is 13.8 Å². The van der Waals surface area contributed by atoms with Gasteiger partial charge in [-0.3, -0.25) is 0 Å². The maximum absolute atomic E-state index is 5.56. The summed E-state index contributed by atoms with van der Waals surface area (Å²) in [5, 5.41) is 1.17. The van der Waals surface area contributed by atoms with E-state index in [0.717, 1.165) is 17.3 Å². The molecule has 0 saturated carbocycles. The Morgan fingerprint density at radius 1 is 1.05 bits per heavy atom. The van der Waals surface area contributed by atoms with Gasteiger partial charge in [0.05, 0.1) is 5.69 Å². The van der Waals surface area contributed by atoms with Crippen LogP contribution in [0.1, 0.15) is 37.0 Å². The van der Waals surface area contributed by atoms with E-state index < -0.39 is 0 Å². The van der Waals surface area contributed by atoms with Crippen LogP contribution in [0.3, 0.4) is 0 Å². The molecular formula is C13H19N5OS. The molecule has 0 saturated heterocycles. The molecule has 0 aliphatic heterocycles. The number of anilines is 1. The average Bonchev–Trinajstić information content (AvgIpc) is 2.67. The lowest BCUT2D eigenvalue weighted by atomic mass is 10.2. The minimum absolute atomic E-state index is 0.240. The standard InChI is InChI=1S/C13H19N5OS/c1-7(2)10-15-11(18(5)6)17-12(16-10)20-13-14-8(3)9(4)19-13/h7H,1-6H3. The summed E-state index contributed by atoms with van der Waals surface area (Å²) in [7, 11) is 3.82. The van der Waals surface area contributed by atoms with Crippen molar-refractivity contribution in [3.8, 4) is 0 Å². The first kappa shape index (κ1) is 14.8. The molecule has 6 nitrogen and oxygen atoms in total. The summed E-state index contributed by atoms with van der Waals surface area (Å²) >= 11 is 1.32. The van der Waals surface area contributed by atoms with Gasteiger partial charge in [0.25, 0.3) is 5.22 Å². The fraction of sp³-hybridized carbons (Fsp3) is 0.538. The number of aryl methyl sites for hydroxylation is 2. The van der Waals surface area contributed by atoms with Crippen molar-refractivity contribution >= 4 is 17.7 Å². The Kier molecular flexibility index (Phi) is 4.27. The maximum atomic E-state index is 5.56. The zero-order valence-electron chi connectivity index (χ0n) is 12.6. The molecule has 0 fully saturated rings. The largest absolute Gasteiger partial charge is 0.436 e. The molecule has 2 rings (SSSR count). The van der Waals surface area contributed by atoms with E-state index in [1.54, 1.807) is 0 Å². The Labute approximate surface area is 123 Å². The third-order valence-electron chi connectivity index (χ3n) is 2.72. The van der Waals surface area contributed by atoms with E-state index in [4.69, 9.17) is 4.42 Å². The summed E-state index contributed by atoms with van der Waals surface area (Å²) in [4.78, 5) is 19.5. The van der Waals surface area contributed by atoms with Gasteiger partial charge in [0.1, 0.15) is 11.6 Å². The van der Waals surface area contributed by atoms with Crippen LogP contribution in [0.15, 0.2) is 14.8 Å². The first-order valence-electron chi connectivity index (χ1n) is 6.42. The Bertz CT molecular complexity index is 563. The van der Waals surface area contributed by atoms with E-state index in [0.29, 0.717) is 16.3 Å². The lowest BCUT2D eigenvalue weighted by Gasteiger charge is -2.13. The molecule has 0 radical (unpaired) electrons. The van der Waals surface area contributed by atoms with Gasteiger partial charge in [-0.25, -0.2) is 9.97 Å². The summed E-state index contributed by atoms with van der Waals surface area (Å²) in [5.74, 6) is 2.47. The number of aromatic nitrogens is 4. The van der Waals surface area contributed by atoms with Gasteiger partial charge in [-0.05, 0) is 13.8 Å². The van der Waals surface area contributed by atoms with Crippen LogP contribution in [-0.2, 0) is 0 Å². The van der Waals surface area contributed by atoms with E-state index in [1.165, 1.54) is 11.8 Å². The normalized spacial score (nSPS) is 11.2. The van der Waals surface area contributed by atoms with Gasteiger partial charge in [0.2, 0.25) is 11.1 Å². The zero-order valence-corrected chi connectivity index (χ0v) is 13.4. The van der Waals surface area contributed by atoms with E-state index >= 15 is 0 Å². The van der Waals surface area contributed by atoms with Gasteiger partial charge in [0.15, 0.2) is 0 Å². The molecule has 2 aromatic rings. The van der Waals surface area contributed by atoms with Gasteiger partial charge in [-0.2, -0.15) is 9.97 Å².